The van der Waals surface area contributed by atoms with E-state index in [1.165, 1.54) is 180 Å². The molecule has 0 radical (unpaired) electrons. The Morgan fingerprint density at radius 3 is 1.25 bits per heavy atom. The number of hydrogen-bond acceptors (Lipinski definition) is 8. The molecule has 0 aliphatic rings. The quantitative estimate of drug-likeness (QED) is 0.0266. The molecule has 0 aromatic heterocycles. The Balaban J connectivity index is 4.05. The minimum absolute atomic E-state index is 0.0563. The first-order chi connectivity index (χ1) is 27.8. The fraction of sp³-hybridized carbons (Fsp3) is 0.915. The molecule has 0 aliphatic carbocycles. The first-order valence-corrected chi connectivity index (χ1v) is 25.7. The van der Waals surface area contributed by atoms with Gasteiger partial charge in [0.05, 0.1) is 13.2 Å². The van der Waals surface area contributed by atoms with E-state index in [-0.39, 0.29) is 38.6 Å². The van der Waals surface area contributed by atoms with Gasteiger partial charge < -0.3 is 20.1 Å². The number of carbonyl (C=O) groups excluding carboxylic acids is 2. The lowest BCUT2D eigenvalue weighted by Crippen LogP contribution is -2.29. The van der Waals surface area contributed by atoms with Crippen LogP contribution in [-0.2, 0) is 32.7 Å². The molecule has 2 atom stereocenters. The second-order valence-corrected chi connectivity index (χ2v) is 17.8. The van der Waals surface area contributed by atoms with Crippen LogP contribution in [0.3, 0.4) is 0 Å². The van der Waals surface area contributed by atoms with Crippen LogP contribution in [0.1, 0.15) is 245 Å². The number of nitrogens with two attached hydrogens (primary N) is 1. The maximum atomic E-state index is 12.6. The molecule has 0 aliphatic heterocycles. The molecule has 0 fully saturated rings. The van der Waals surface area contributed by atoms with Crippen LogP contribution in [0.2, 0.25) is 0 Å². The lowest BCUT2D eigenvalue weighted by atomic mass is 10.0. The Morgan fingerprint density at radius 2 is 0.860 bits per heavy atom. The second kappa shape index (κ2) is 44.3. The summed E-state index contributed by atoms with van der Waals surface area (Å²) in [6.07, 6.45) is 46.7. The first-order valence-electron chi connectivity index (χ1n) is 24.2. The van der Waals surface area contributed by atoms with Gasteiger partial charge in [0.25, 0.3) is 0 Å². The molecule has 0 aromatic rings. The average Bonchev–Trinajstić information content (AvgIpc) is 3.20. The Hall–Kier alpha value is -1.25. The zero-order chi connectivity index (χ0) is 41.8. The molecule has 9 nitrogen and oxygen atoms in total. The monoisotopic (exact) mass is 830 g/mol. The number of carbonyl (C=O) groups is 2. The molecule has 10 heteroatoms. The van der Waals surface area contributed by atoms with Crippen molar-refractivity contribution in [2.45, 2.75) is 251 Å². The summed E-state index contributed by atoms with van der Waals surface area (Å²) in [5.74, 6) is -0.816. The molecule has 0 heterocycles. The maximum absolute atomic E-state index is 12.6. The van der Waals surface area contributed by atoms with Crippen molar-refractivity contribution in [3.8, 4) is 0 Å². The van der Waals surface area contributed by atoms with Gasteiger partial charge in [-0.05, 0) is 38.5 Å². The molecule has 0 spiro atoms. The fourth-order valence-corrected chi connectivity index (χ4v) is 7.81. The summed E-state index contributed by atoms with van der Waals surface area (Å²) in [5, 5.41) is 0. The summed E-state index contributed by atoms with van der Waals surface area (Å²) < 4.78 is 32.9. The van der Waals surface area contributed by atoms with Gasteiger partial charge in [-0.2, -0.15) is 0 Å². The molecule has 1 unspecified atom stereocenters. The van der Waals surface area contributed by atoms with Gasteiger partial charge in [-0.25, -0.2) is 4.57 Å². The topological polar surface area (TPSA) is 134 Å². The predicted molar refractivity (Wildman–Crippen MR) is 238 cm³/mol. The SMILES string of the molecule is CCCCCCCC/C=C/CCCCCCCCCCCC(=O)OC[C@H](COP(=O)(O)OCCN)OC(=O)CCCCCCCCCCCCCCCCCCC. The van der Waals surface area contributed by atoms with E-state index in [0.29, 0.717) is 6.42 Å². The van der Waals surface area contributed by atoms with Crippen LogP contribution >= 0.6 is 7.82 Å². The summed E-state index contributed by atoms with van der Waals surface area (Å²) in [7, 11) is -4.37. The standard InChI is InChI=1S/C47H92NO8P/c1-3-5-7-9-11-13-15-17-19-21-22-24-25-27-29-31-33-35-37-39-46(49)53-43-45(44-55-57(51,52)54-42-41-48)56-47(50)40-38-36-34-32-30-28-26-23-20-18-16-14-12-10-8-6-4-2/h17,19,45H,3-16,18,20-44,48H2,1-2H3,(H,51,52)/b19-17+/t45-/m1/s1. The minimum Gasteiger partial charge on any atom is -0.462 e. The van der Waals surface area contributed by atoms with Crippen molar-refractivity contribution in [1.29, 1.82) is 0 Å². The number of rotatable bonds is 46. The van der Waals surface area contributed by atoms with E-state index in [9.17, 15) is 19.0 Å². The second-order valence-electron chi connectivity index (χ2n) is 16.3. The molecule has 0 saturated heterocycles. The van der Waals surface area contributed by atoms with Crippen LogP contribution in [0.15, 0.2) is 12.2 Å². The molecule has 0 rings (SSSR count). The Bertz CT molecular complexity index is 948. The highest BCUT2D eigenvalue weighted by atomic mass is 31.2. The van der Waals surface area contributed by atoms with Crippen molar-refractivity contribution in [3.05, 3.63) is 12.2 Å². The highest BCUT2D eigenvalue weighted by Gasteiger charge is 2.26. The number of phosphoric acid groups is 1. The van der Waals surface area contributed by atoms with Gasteiger partial charge >= 0.3 is 19.8 Å². The van der Waals surface area contributed by atoms with Crippen molar-refractivity contribution in [3.63, 3.8) is 0 Å². The number of ether oxygens (including phenoxy) is 2. The van der Waals surface area contributed by atoms with E-state index in [0.717, 1.165) is 32.1 Å². The van der Waals surface area contributed by atoms with Gasteiger partial charge in [-0.3, -0.25) is 18.6 Å². The number of hydrogen-bond donors (Lipinski definition) is 2. The summed E-state index contributed by atoms with van der Waals surface area (Å²) in [4.78, 5) is 35.0. The van der Waals surface area contributed by atoms with Crippen molar-refractivity contribution in [1.82, 2.24) is 0 Å². The van der Waals surface area contributed by atoms with Gasteiger partial charge in [0.1, 0.15) is 6.61 Å². The maximum Gasteiger partial charge on any atom is 0.472 e. The van der Waals surface area contributed by atoms with E-state index < -0.39 is 26.5 Å². The Morgan fingerprint density at radius 1 is 0.509 bits per heavy atom. The highest BCUT2D eigenvalue weighted by molar-refractivity contribution is 7.47. The summed E-state index contributed by atoms with van der Waals surface area (Å²) in [5.41, 5.74) is 5.36. The third-order valence-corrected chi connectivity index (χ3v) is 11.6. The van der Waals surface area contributed by atoms with Gasteiger partial charge in [-0.1, -0.05) is 206 Å². The Labute approximate surface area is 351 Å². The molecule has 0 bridgehead atoms. The minimum atomic E-state index is -4.37. The smallest absolute Gasteiger partial charge is 0.462 e. The zero-order valence-electron chi connectivity index (χ0n) is 37.3. The van der Waals surface area contributed by atoms with Crippen LogP contribution in [0.4, 0.5) is 0 Å². The van der Waals surface area contributed by atoms with Gasteiger partial charge in [0, 0.05) is 19.4 Å². The van der Waals surface area contributed by atoms with Crippen LogP contribution in [0, 0.1) is 0 Å². The first kappa shape index (κ1) is 55.8. The molecule has 57 heavy (non-hydrogen) atoms. The fourth-order valence-electron chi connectivity index (χ4n) is 7.04. The van der Waals surface area contributed by atoms with Crippen molar-refractivity contribution >= 4 is 19.8 Å². The summed E-state index contributed by atoms with van der Waals surface area (Å²) >= 11 is 0. The molecule has 0 amide bonds. The van der Waals surface area contributed by atoms with Gasteiger partial charge in [-0.15, -0.1) is 0 Å². The van der Waals surface area contributed by atoms with E-state index in [1.54, 1.807) is 0 Å². The predicted octanol–water partition coefficient (Wildman–Crippen LogP) is 14.2. The molecular formula is C47H92NO8P. The highest BCUT2D eigenvalue weighted by Crippen LogP contribution is 2.43. The van der Waals surface area contributed by atoms with E-state index in [2.05, 4.69) is 26.0 Å². The lowest BCUT2D eigenvalue weighted by molar-refractivity contribution is -0.161. The van der Waals surface area contributed by atoms with Crippen molar-refractivity contribution in [2.24, 2.45) is 5.73 Å². The van der Waals surface area contributed by atoms with E-state index in [4.69, 9.17) is 24.3 Å². The molecule has 338 valence electrons. The molecule has 0 saturated carbocycles. The lowest BCUT2D eigenvalue weighted by Gasteiger charge is -2.19. The number of unbranched alkanes of at least 4 members (excludes halogenated alkanes) is 31. The number of esters is 2. The van der Waals surface area contributed by atoms with Crippen LogP contribution < -0.4 is 5.73 Å². The molecule has 0 aromatic carbocycles. The molecule has 3 N–H and O–H groups in total. The average molecular weight is 830 g/mol. The molecular weight excluding hydrogens is 737 g/mol. The Kier molecular flexibility index (Phi) is 43.3. The third kappa shape index (κ3) is 44.1. The normalized spacial score (nSPS) is 13.3. The van der Waals surface area contributed by atoms with Crippen LogP contribution in [0.25, 0.3) is 0 Å². The van der Waals surface area contributed by atoms with Gasteiger partial charge in [0.15, 0.2) is 6.10 Å². The van der Waals surface area contributed by atoms with Gasteiger partial charge in [0.2, 0.25) is 0 Å². The van der Waals surface area contributed by atoms with Crippen LogP contribution in [0.5, 0.6) is 0 Å². The zero-order valence-corrected chi connectivity index (χ0v) is 38.2. The van der Waals surface area contributed by atoms with E-state index >= 15 is 0 Å². The largest absolute Gasteiger partial charge is 0.472 e. The summed E-state index contributed by atoms with van der Waals surface area (Å²) in [6, 6.07) is 0. The number of phosphoric ester groups is 1. The third-order valence-electron chi connectivity index (χ3n) is 10.7. The van der Waals surface area contributed by atoms with Crippen LogP contribution in [-0.4, -0.2) is 49.3 Å². The van der Waals surface area contributed by atoms with Crippen molar-refractivity contribution in [2.75, 3.05) is 26.4 Å². The summed E-state index contributed by atoms with van der Waals surface area (Å²) in [6.45, 7) is 3.77. The number of allylic oxidation sites excluding steroid dienone is 2. The van der Waals surface area contributed by atoms with E-state index in [1.807, 2.05) is 0 Å². The van der Waals surface area contributed by atoms with Crippen molar-refractivity contribution < 1.29 is 37.6 Å².